The van der Waals surface area contributed by atoms with Gasteiger partial charge in [-0.2, -0.15) is 0 Å². The molecule has 0 bridgehead atoms. The van der Waals surface area contributed by atoms with Gasteiger partial charge in [0.2, 0.25) is 0 Å². The second-order valence-corrected chi connectivity index (χ2v) is 7.22. The van der Waals surface area contributed by atoms with Crippen molar-refractivity contribution >= 4 is 28.3 Å². The highest BCUT2D eigenvalue weighted by Crippen LogP contribution is 2.41. The van der Waals surface area contributed by atoms with E-state index in [1.165, 1.54) is 6.92 Å². The maximum absolute atomic E-state index is 13.4. The predicted molar refractivity (Wildman–Crippen MR) is 115 cm³/mol. The number of carbonyl (C=O) groups is 3. The van der Waals surface area contributed by atoms with Crippen molar-refractivity contribution in [2.24, 2.45) is 0 Å². The number of benzene rings is 4. The molecule has 4 aromatic carbocycles. The summed E-state index contributed by atoms with van der Waals surface area (Å²) in [6.45, 7) is 1.33. The van der Waals surface area contributed by atoms with Gasteiger partial charge in [-0.25, -0.2) is 0 Å². The second-order valence-electron chi connectivity index (χ2n) is 7.22. The van der Waals surface area contributed by atoms with Crippen molar-refractivity contribution in [3.05, 3.63) is 101 Å². The van der Waals surface area contributed by atoms with Gasteiger partial charge in [-0.15, -0.1) is 0 Å². The fraction of sp³-hybridized carbons (Fsp3) is 0.0385. The Kier molecular flexibility index (Phi) is 4.37. The maximum atomic E-state index is 13.4. The lowest BCUT2D eigenvalue weighted by Crippen LogP contribution is -2.21. The molecule has 1 aliphatic rings. The van der Waals surface area contributed by atoms with Crippen molar-refractivity contribution in [2.75, 3.05) is 0 Å². The number of fused-ring (bicyclic) bond motifs is 3. The van der Waals surface area contributed by atoms with Gasteiger partial charge in [0.15, 0.2) is 11.6 Å². The van der Waals surface area contributed by atoms with E-state index in [4.69, 9.17) is 9.47 Å². The Hall–Kier alpha value is -4.25. The van der Waals surface area contributed by atoms with E-state index in [-0.39, 0.29) is 17.1 Å². The molecule has 0 spiro atoms. The van der Waals surface area contributed by atoms with Gasteiger partial charge in [-0.1, -0.05) is 48.5 Å². The van der Waals surface area contributed by atoms with Crippen LogP contribution in [0.3, 0.4) is 0 Å². The summed E-state index contributed by atoms with van der Waals surface area (Å²) in [5.74, 6) is 0.308. The van der Waals surface area contributed by atoms with Crippen LogP contribution in [0.25, 0.3) is 10.8 Å². The van der Waals surface area contributed by atoms with E-state index in [0.717, 1.165) is 10.8 Å². The molecule has 150 valence electrons. The third kappa shape index (κ3) is 3.16. The molecule has 0 unspecified atom stereocenters. The zero-order valence-electron chi connectivity index (χ0n) is 16.5. The van der Waals surface area contributed by atoms with Crippen LogP contribution in [0.1, 0.15) is 38.8 Å². The second kappa shape index (κ2) is 7.22. The fourth-order valence-corrected chi connectivity index (χ4v) is 3.84. The summed E-state index contributed by atoms with van der Waals surface area (Å²) >= 11 is 0. The fourth-order valence-electron chi connectivity index (χ4n) is 3.84. The topological polar surface area (TPSA) is 69.7 Å². The average Bonchev–Trinajstić information content (AvgIpc) is 2.78. The Morgan fingerprint density at radius 2 is 1.32 bits per heavy atom. The first-order chi connectivity index (χ1) is 15.0. The lowest BCUT2D eigenvalue weighted by atomic mass is 9.82. The van der Waals surface area contributed by atoms with Crippen LogP contribution in [0.4, 0.5) is 0 Å². The molecule has 0 N–H and O–H groups in total. The maximum Gasteiger partial charge on any atom is 0.308 e. The molecule has 0 amide bonds. The van der Waals surface area contributed by atoms with E-state index >= 15 is 0 Å². The number of carbonyl (C=O) groups excluding carboxylic acids is 3. The van der Waals surface area contributed by atoms with E-state index in [1.807, 2.05) is 24.3 Å². The van der Waals surface area contributed by atoms with Gasteiger partial charge < -0.3 is 9.47 Å². The molecule has 0 atom stereocenters. The smallest absolute Gasteiger partial charge is 0.308 e. The summed E-state index contributed by atoms with van der Waals surface area (Å²) in [6, 6.07) is 22.5. The van der Waals surface area contributed by atoms with E-state index in [0.29, 0.717) is 33.9 Å². The SMILES string of the molecule is CC(=O)Oc1ccc(Oc2c3c(cc4ccccc24)C(=O)c2ccccc2C3=O)cc1. The summed E-state index contributed by atoms with van der Waals surface area (Å²) in [4.78, 5) is 37.7. The van der Waals surface area contributed by atoms with Crippen LogP contribution in [-0.2, 0) is 4.79 Å². The number of hydrogen-bond donors (Lipinski definition) is 0. The monoisotopic (exact) mass is 408 g/mol. The van der Waals surface area contributed by atoms with E-state index < -0.39 is 5.97 Å². The third-order valence-electron chi connectivity index (χ3n) is 5.19. The molecule has 0 radical (unpaired) electrons. The molecule has 5 rings (SSSR count). The minimum absolute atomic E-state index is 0.203. The predicted octanol–water partition coefficient (Wildman–Crippen LogP) is 5.33. The summed E-state index contributed by atoms with van der Waals surface area (Å²) in [5.41, 5.74) is 1.35. The third-order valence-corrected chi connectivity index (χ3v) is 5.19. The normalized spacial score (nSPS) is 12.3. The Labute approximate surface area is 177 Å². The van der Waals surface area contributed by atoms with Gasteiger partial charge in [-0.05, 0) is 35.7 Å². The highest BCUT2D eigenvalue weighted by Gasteiger charge is 2.33. The van der Waals surface area contributed by atoms with Gasteiger partial charge in [0.25, 0.3) is 0 Å². The minimum Gasteiger partial charge on any atom is -0.456 e. The molecule has 1 aliphatic carbocycles. The van der Waals surface area contributed by atoms with Gasteiger partial charge in [-0.3, -0.25) is 14.4 Å². The molecule has 0 aromatic heterocycles. The molecule has 0 saturated heterocycles. The van der Waals surface area contributed by atoms with Crippen LogP contribution in [0.15, 0.2) is 78.9 Å². The van der Waals surface area contributed by atoms with Crippen LogP contribution >= 0.6 is 0 Å². The van der Waals surface area contributed by atoms with Crippen molar-refractivity contribution < 1.29 is 23.9 Å². The molecule has 0 aliphatic heterocycles. The zero-order chi connectivity index (χ0) is 21.5. The molecular weight excluding hydrogens is 392 g/mol. The van der Waals surface area contributed by atoms with Crippen molar-refractivity contribution in [2.45, 2.75) is 6.92 Å². The molecular formula is C26H16O5. The van der Waals surface area contributed by atoms with Gasteiger partial charge in [0, 0.05) is 29.0 Å². The molecule has 5 heteroatoms. The Morgan fingerprint density at radius 1 is 0.710 bits per heavy atom. The summed E-state index contributed by atoms with van der Waals surface area (Å²) in [5, 5.41) is 1.53. The van der Waals surface area contributed by atoms with Crippen LogP contribution < -0.4 is 9.47 Å². The minimum atomic E-state index is -0.417. The van der Waals surface area contributed by atoms with Crippen molar-refractivity contribution in [3.63, 3.8) is 0 Å². The van der Waals surface area contributed by atoms with E-state index in [2.05, 4.69) is 0 Å². The number of esters is 1. The Morgan fingerprint density at radius 3 is 2.03 bits per heavy atom. The average molecular weight is 408 g/mol. The Balaban J connectivity index is 1.68. The largest absolute Gasteiger partial charge is 0.456 e. The zero-order valence-corrected chi connectivity index (χ0v) is 16.5. The van der Waals surface area contributed by atoms with Crippen molar-refractivity contribution in [1.82, 2.24) is 0 Å². The lowest BCUT2D eigenvalue weighted by molar-refractivity contribution is -0.131. The van der Waals surface area contributed by atoms with Crippen LogP contribution in [0, 0.1) is 0 Å². The first-order valence-corrected chi connectivity index (χ1v) is 9.73. The standard InChI is InChI=1S/C26H16O5/c1-15(27)30-17-10-12-18(13-11-17)31-26-19-7-3-2-6-16(19)14-22-23(26)25(29)21-9-5-4-8-20(21)24(22)28/h2-14H,1H3. The molecule has 0 fully saturated rings. The number of ether oxygens (including phenoxy) is 2. The molecule has 31 heavy (non-hydrogen) atoms. The Bertz CT molecular complexity index is 1380. The van der Waals surface area contributed by atoms with Crippen LogP contribution in [-0.4, -0.2) is 17.5 Å². The molecule has 4 aromatic rings. The van der Waals surface area contributed by atoms with E-state index in [1.54, 1.807) is 54.6 Å². The quantitative estimate of drug-likeness (QED) is 0.298. The number of rotatable bonds is 3. The first-order valence-electron chi connectivity index (χ1n) is 9.73. The van der Waals surface area contributed by atoms with Crippen LogP contribution in [0.2, 0.25) is 0 Å². The molecule has 0 heterocycles. The number of ketones is 2. The lowest BCUT2D eigenvalue weighted by Gasteiger charge is -2.22. The summed E-state index contributed by atoms with van der Waals surface area (Å²) in [7, 11) is 0. The van der Waals surface area contributed by atoms with Gasteiger partial charge in [0.05, 0.1) is 5.56 Å². The highest BCUT2D eigenvalue weighted by molar-refractivity contribution is 6.31. The van der Waals surface area contributed by atoms with Crippen molar-refractivity contribution in [1.29, 1.82) is 0 Å². The summed E-state index contributed by atoms with van der Waals surface area (Å²) in [6.07, 6.45) is 0. The molecule has 0 saturated carbocycles. The van der Waals surface area contributed by atoms with Crippen molar-refractivity contribution in [3.8, 4) is 17.2 Å². The summed E-state index contributed by atoms with van der Waals surface area (Å²) < 4.78 is 11.2. The molecule has 5 nitrogen and oxygen atoms in total. The van der Waals surface area contributed by atoms with Gasteiger partial charge in [0.1, 0.15) is 17.2 Å². The van der Waals surface area contributed by atoms with E-state index in [9.17, 15) is 14.4 Å². The van der Waals surface area contributed by atoms with Crippen LogP contribution in [0.5, 0.6) is 17.2 Å². The number of hydrogen-bond acceptors (Lipinski definition) is 5. The first kappa shape index (κ1) is 18.8. The highest BCUT2D eigenvalue weighted by atomic mass is 16.5. The van der Waals surface area contributed by atoms with Gasteiger partial charge >= 0.3 is 5.97 Å².